The summed E-state index contributed by atoms with van der Waals surface area (Å²) in [7, 11) is 0. The normalized spacial score (nSPS) is 10.6. The smallest absolute Gasteiger partial charge is 0.236 e. The Hall–Kier alpha value is -1.55. The van der Waals surface area contributed by atoms with Gasteiger partial charge in [0.05, 0.1) is 13.1 Å². The minimum Gasteiger partial charge on any atom is -0.492 e. The fourth-order valence-corrected chi connectivity index (χ4v) is 1.85. The maximum Gasteiger partial charge on any atom is 0.236 e. The van der Waals surface area contributed by atoms with Gasteiger partial charge < -0.3 is 15.4 Å². The molecule has 1 aromatic rings. The fraction of sp³-hybridized carbons (Fsp3) is 0.533. The highest BCUT2D eigenvalue weighted by atomic mass is 16.5. The van der Waals surface area contributed by atoms with Gasteiger partial charge in [0, 0.05) is 6.04 Å². The van der Waals surface area contributed by atoms with Gasteiger partial charge in [0.15, 0.2) is 0 Å². The Morgan fingerprint density at radius 1 is 1.32 bits per heavy atom. The third-order valence-electron chi connectivity index (χ3n) is 3.20. The van der Waals surface area contributed by atoms with Crippen molar-refractivity contribution in [3.63, 3.8) is 0 Å². The molecule has 2 N–H and O–H groups in total. The van der Waals surface area contributed by atoms with Gasteiger partial charge in [0.2, 0.25) is 5.91 Å². The highest BCUT2D eigenvalue weighted by Crippen LogP contribution is 2.16. The number of benzene rings is 1. The van der Waals surface area contributed by atoms with Crippen molar-refractivity contribution >= 4 is 5.91 Å². The molecule has 106 valence electrons. The fourth-order valence-electron chi connectivity index (χ4n) is 1.85. The maximum atomic E-state index is 11.6. The quantitative estimate of drug-likeness (QED) is 0.853. The van der Waals surface area contributed by atoms with Crippen LogP contribution in [0.5, 0.6) is 5.75 Å². The molecule has 0 aromatic heterocycles. The molecule has 1 rings (SSSR count). The lowest BCUT2D eigenvalue weighted by molar-refractivity contribution is -0.131. The predicted molar refractivity (Wildman–Crippen MR) is 77.3 cm³/mol. The first-order chi connectivity index (χ1) is 8.95. The number of ether oxygens (including phenoxy) is 1. The van der Waals surface area contributed by atoms with Crippen molar-refractivity contribution in [3.8, 4) is 5.75 Å². The molecule has 4 heteroatoms. The van der Waals surface area contributed by atoms with E-state index < -0.39 is 0 Å². The van der Waals surface area contributed by atoms with Crippen molar-refractivity contribution in [1.82, 2.24) is 4.90 Å². The number of amides is 1. The van der Waals surface area contributed by atoms with Gasteiger partial charge in [-0.2, -0.15) is 0 Å². The Morgan fingerprint density at radius 3 is 2.53 bits per heavy atom. The van der Waals surface area contributed by atoms with Crippen molar-refractivity contribution in [3.05, 3.63) is 29.3 Å². The van der Waals surface area contributed by atoms with E-state index in [0.717, 1.165) is 5.75 Å². The lowest BCUT2D eigenvalue weighted by Crippen LogP contribution is -2.43. The molecule has 0 saturated heterocycles. The Morgan fingerprint density at radius 2 is 2.00 bits per heavy atom. The molecule has 1 aromatic carbocycles. The Kier molecular flexibility index (Phi) is 5.83. The van der Waals surface area contributed by atoms with Crippen LogP contribution in [0.4, 0.5) is 0 Å². The van der Waals surface area contributed by atoms with E-state index in [4.69, 9.17) is 10.5 Å². The monoisotopic (exact) mass is 264 g/mol. The standard InChI is InChI=1S/C15H24N2O2/c1-11(2)17(15(18)10-16)7-8-19-14-6-5-12(3)13(4)9-14/h5-6,9,11H,7-8,10,16H2,1-4H3. The lowest BCUT2D eigenvalue weighted by Gasteiger charge is -2.26. The van der Waals surface area contributed by atoms with Crippen LogP contribution in [-0.4, -0.2) is 36.5 Å². The van der Waals surface area contributed by atoms with Crippen molar-refractivity contribution in [2.75, 3.05) is 19.7 Å². The molecule has 0 aliphatic heterocycles. The molecular formula is C15H24N2O2. The minimum absolute atomic E-state index is 0.0429. The van der Waals surface area contributed by atoms with E-state index >= 15 is 0 Å². The molecule has 0 spiro atoms. The zero-order valence-corrected chi connectivity index (χ0v) is 12.3. The molecule has 0 bridgehead atoms. The molecule has 0 heterocycles. The minimum atomic E-state index is -0.0429. The highest BCUT2D eigenvalue weighted by molar-refractivity contribution is 5.78. The van der Waals surface area contributed by atoms with Crippen LogP contribution in [0.2, 0.25) is 0 Å². The molecule has 0 aliphatic rings. The molecule has 1 amide bonds. The van der Waals surface area contributed by atoms with E-state index in [1.54, 1.807) is 4.90 Å². The summed E-state index contributed by atoms with van der Waals surface area (Å²) in [6.07, 6.45) is 0. The number of carbonyl (C=O) groups is 1. The van der Waals surface area contributed by atoms with E-state index in [0.29, 0.717) is 13.2 Å². The first kappa shape index (κ1) is 15.5. The lowest BCUT2D eigenvalue weighted by atomic mass is 10.1. The van der Waals surface area contributed by atoms with Gasteiger partial charge in [0.25, 0.3) is 0 Å². The van der Waals surface area contributed by atoms with Crippen LogP contribution in [-0.2, 0) is 4.79 Å². The number of hydrogen-bond acceptors (Lipinski definition) is 3. The SMILES string of the molecule is Cc1ccc(OCCN(C(=O)CN)C(C)C)cc1C. The van der Waals surface area contributed by atoms with Crippen LogP contribution in [0.3, 0.4) is 0 Å². The van der Waals surface area contributed by atoms with Crippen molar-refractivity contribution in [1.29, 1.82) is 0 Å². The molecular weight excluding hydrogens is 240 g/mol. The van der Waals surface area contributed by atoms with Crippen molar-refractivity contribution in [2.45, 2.75) is 33.7 Å². The van der Waals surface area contributed by atoms with Gasteiger partial charge in [-0.3, -0.25) is 4.79 Å². The molecule has 0 saturated carbocycles. The van der Waals surface area contributed by atoms with Gasteiger partial charge in [0.1, 0.15) is 12.4 Å². The number of carbonyl (C=O) groups excluding carboxylic acids is 1. The molecule has 19 heavy (non-hydrogen) atoms. The van der Waals surface area contributed by atoms with Crippen LogP contribution in [0.15, 0.2) is 18.2 Å². The first-order valence-corrected chi connectivity index (χ1v) is 6.65. The Balaban J connectivity index is 2.52. The number of aryl methyl sites for hydroxylation is 2. The van der Waals surface area contributed by atoms with Gasteiger partial charge in [-0.25, -0.2) is 0 Å². The number of hydrogen-bond donors (Lipinski definition) is 1. The average Bonchev–Trinajstić information content (AvgIpc) is 2.37. The Bertz CT molecular complexity index is 430. The van der Waals surface area contributed by atoms with Gasteiger partial charge in [-0.15, -0.1) is 0 Å². The van der Waals surface area contributed by atoms with E-state index in [1.165, 1.54) is 11.1 Å². The van der Waals surface area contributed by atoms with Crippen molar-refractivity contribution < 1.29 is 9.53 Å². The van der Waals surface area contributed by atoms with Crippen molar-refractivity contribution in [2.24, 2.45) is 5.73 Å². The second-order valence-electron chi connectivity index (χ2n) is 4.98. The van der Waals surface area contributed by atoms with Gasteiger partial charge >= 0.3 is 0 Å². The summed E-state index contributed by atoms with van der Waals surface area (Å²) in [5, 5.41) is 0. The van der Waals surface area contributed by atoms with E-state index in [9.17, 15) is 4.79 Å². The topological polar surface area (TPSA) is 55.6 Å². The molecule has 0 unspecified atom stereocenters. The van der Waals surface area contributed by atoms with E-state index in [1.807, 2.05) is 32.0 Å². The maximum absolute atomic E-state index is 11.6. The van der Waals surface area contributed by atoms with Gasteiger partial charge in [-0.1, -0.05) is 6.07 Å². The zero-order chi connectivity index (χ0) is 14.4. The third-order valence-corrected chi connectivity index (χ3v) is 3.20. The summed E-state index contributed by atoms with van der Waals surface area (Å²) in [5.74, 6) is 0.797. The van der Waals surface area contributed by atoms with E-state index in [-0.39, 0.29) is 18.5 Å². The Labute approximate surface area is 115 Å². The predicted octanol–water partition coefficient (Wildman–Crippen LogP) is 1.88. The second kappa shape index (κ2) is 7.14. The van der Waals surface area contributed by atoms with Crippen LogP contribution >= 0.6 is 0 Å². The van der Waals surface area contributed by atoms with Crippen LogP contribution in [0.1, 0.15) is 25.0 Å². The largest absolute Gasteiger partial charge is 0.492 e. The second-order valence-corrected chi connectivity index (χ2v) is 4.98. The number of nitrogens with zero attached hydrogens (tertiary/aromatic N) is 1. The number of nitrogens with two attached hydrogens (primary N) is 1. The summed E-state index contributed by atoms with van der Waals surface area (Å²) < 4.78 is 5.68. The third kappa shape index (κ3) is 4.56. The molecule has 0 radical (unpaired) electrons. The molecule has 4 nitrogen and oxygen atoms in total. The highest BCUT2D eigenvalue weighted by Gasteiger charge is 2.14. The summed E-state index contributed by atoms with van der Waals surface area (Å²) in [5.41, 5.74) is 7.85. The van der Waals surface area contributed by atoms with Crippen LogP contribution < -0.4 is 10.5 Å². The summed E-state index contributed by atoms with van der Waals surface area (Å²) in [4.78, 5) is 13.4. The van der Waals surface area contributed by atoms with Crippen LogP contribution in [0, 0.1) is 13.8 Å². The first-order valence-electron chi connectivity index (χ1n) is 6.65. The molecule has 0 aliphatic carbocycles. The molecule has 0 fully saturated rings. The molecule has 0 atom stereocenters. The van der Waals surface area contributed by atoms with Crippen LogP contribution in [0.25, 0.3) is 0 Å². The van der Waals surface area contributed by atoms with E-state index in [2.05, 4.69) is 13.8 Å². The summed E-state index contributed by atoms with van der Waals surface area (Å²) in [6.45, 7) is 9.15. The van der Waals surface area contributed by atoms with Gasteiger partial charge in [-0.05, 0) is 51.0 Å². The summed E-state index contributed by atoms with van der Waals surface area (Å²) in [6, 6.07) is 6.14. The average molecular weight is 264 g/mol. The summed E-state index contributed by atoms with van der Waals surface area (Å²) >= 11 is 0. The number of rotatable bonds is 6. The zero-order valence-electron chi connectivity index (χ0n) is 12.3.